The predicted molar refractivity (Wildman–Crippen MR) is 85.1 cm³/mol. The molecule has 1 aliphatic carbocycles. The first-order chi connectivity index (χ1) is 8.97. The minimum absolute atomic E-state index is 0.456. The van der Waals surface area contributed by atoms with E-state index in [2.05, 4.69) is 38.9 Å². The van der Waals surface area contributed by atoms with Crippen molar-refractivity contribution in [2.45, 2.75) is 65.5 Å². The fraction of sp³-hybridized carbons (Fsp3) is 0.867. The largest absolute Gasteiger partial charge is 0.340 e. The topological polar surface area (TPSA) is 38.5 Å². The van der Waals surface area contributed by atoms with Crippen LogP contribution in [0.1, 0.15) is 53.4 Å². The van der Waals surface area contributed by atoms with Gasteiger partial charge >= 0.3 is 0 Å². The Kier molecular flexibility index (Phi) is 7.53. The van der Waals surface area contributed by atoms with Gasteiger partial charge in [-0.15, -0.1) is 0 Å². The first kappa shape index (κ1) is 17.1. The Morgan fingerprint density at radius 1 is 1.26 bits per heavy atom. The molecule has 0 aromatic heterocycles. The number of nitrogens with two attached hydrogens (primary N) is 1. The lowest BCUT2D eigenvalue weighted by molar-refractivity contribution is 0.226. The molecule has 112 valence electrons. The Bertz CT molecular complexity index is 267. The van der Waals surface area contributed by atoms with Crippen molar-refractivity contribution < 1.29 is 4.52 Å². The Morgan fingerprint density at radius 2 is 1.79 bits per heavy atom. The van der Waals surface area contributed by atoms with Crippen LogP contribution in [0, 0.1) is 5.92 Å². The standard InChI is InChI=1S/C15H31N2OP/c1-12(2)17(13(3)4)19(14(5)10-16)18-11-15-8-6-7-9-15/h12-13,15H,5-11,16H2,1-4H3. The highest BCUT2D eigenvalue weighted by atomic mass is 31.2. The second kappa shape index (κ2) is 8.36. The van der Waals surface area contributed by atoms with Crippen molar-refractivity contribution in [3.63, 3.8) is 0 Å². The van der Waals surface area contributed by atoms with Gasteiger partial charge in [-0.3, -0.25) is 4.67 Å². The van der Waals surface area contributed by atoms with Crippen LogP contribution in [0.5, 0.6) is 0 Å². The number of hydrogen-bond acceptors (Lipinski definition) is 3. The van der Waals surface area contributed by atoms with Crippen LogP contribution in [0.25, 0.3) is 0 Å². The first-order valence-electron chi connectivity index (χ1n) is 7.56. The van der Waals surface area contributed by atoms with E-state index < -0.39 is 8.30 Å². The van der Waals surface area contributed by atoms with Gasteiger partial charge in [-0.1, -0.05) is 19.4 Å². The fourth-order valence-electron chi connectivity index (χ4n) is 2.77. The molecule has 1 rings (SSSR count). The smallest absolute Gasteiger partial charge is 0.134 e. The molecule has 0 radical (unpaired) electrons. The van der Waals surface area contributed by atoms with Crippen molar-refractivity contribution >= 4 is 8.30 Å². The summed E-state index contributed by atoms with van der Waals surface area (Å²) in [6.07, 6.45) is 5.37. The van der Waals surface area contributed by atoms with E-state index in [1.807, 2.05) is 0 Å². The van der Waals surface area contributed by atoms with Crippen molar-refractivity contribution in [3.8, 4) is 0 Å². The Balaban J connectivity index is 2.66. The highest BCUT2D eigenvalue weighted by molar-refractivity contribution is 7.54. The summed E-state index contributed by atoms with van der Waals surface area (Å²) in [5.74, 6) is 0.747. The summed E-state index contributed by atoms with van der Waals surface area (Å²) in [6, 6.07) is 0.913. The van der Waals surface area contributed by atoms with Crippen molar-refractivity contribution in [3.05, 3.63) is 11.9 Å². The van der Waals surface area contributed by atoms with Gasteiger partial charge < -0.3 is 10.3 Å². The summed E-state index contributed by atoms with van der Waals surface area (Å²) < 4.78 is 8.70. The second-order valence-electron chi connectivity index (χ2n) is 6.06. The maximum absolute atomic E-state index is 6.27. The van der Waals surface area contributed by atoms with Crippen molar-refractivity contribution in [2.75, 3.05) is 13.2 Å². The van der Waals surface area contributed by atoms with Gasteiger partial charge in [0.25, 0.3) is 0 Å². The van der Waals surface area contributed by atoms with Crippen LogP contribution in [0.4, 0.5) is 0 Å². The number of nitrogens with zero attached hydrogens (tertiary/aromatic N) is 1. The highest BCUT2D eigenvalue weighted by Gasteiger charge is 2.28. The molecule has 4 heteroatoms. The molecular formula is C15H31N2OP. The monoisotopic (exact) mass is 286 g/mol. The SMILES string of the molecule is C=C(CN)P(OCC1CCCC1)N(C(C)C)C(C)C. The van der Waals surface area contributed by atoms with Gasteiger partial charge in [0.2, 0.25) is 0 Å². The van der Waals surface area contributed by atoms with Crippen LogP contribution < -0.4 is 5.73 Å². The van der Waals surface area contributed by atoms with E-state index >= 15 is 0 Å². The molecular weight excluding hydrogens is 255 g/mol. The summed E-state index contributed by atoms with van der Waals surface area (Å²) in [6.45, 7) is 14.4. The van der Waals surface area contributed by atoms with Gasteiger partial charge in [0.1, 0.15) is 8.30 Å². The van der Waals surface area contributed by atoms with Crippen molar-refractivity contribution in [2.24, 2.45) is 11.7 Å². The lowest BCUT2D eigenvalue weighted by Crippen LogP contribution is -2.34. The third-order valence-corrected chi connectivity index (χ3v) is 6.14. The normalized spacial score (nSPS) is 18.7. The molecule has 0 aromatic rings. The molecule has 1 saturated carbocycles. The average Bonchev–Trinajstić information content (AvgIpc) is 2.85. The summed E-state index contributed by atoms with van der Waals surface area (Å²) >= 11 is 0. The molecule has 1 fully saturated rings. The van der Waals surface area contributed by atoms with E-state index in [0.29, 0.717) is 18.6 Å². The van der Waals surface area contributed by atoms with E-state index in [9.17, 15) is 0 Å². The second-order valence-corrected chi connectivity index (χ2v) is 7.96. The molecule has 3 nitrogen and oxygen atoms in total. The van der Waals surface area contributed by atoms with E-state index in [0.717, 1.165) is 17.8 Å². The predicted octanol–water partition coefficient (Wildman–Crippen LogP) is 4.10. The van der Waals surface area contributed by atoms with Gasteiger partial charge in [0.05, 0.1) is 6.61 Å². The Morgan fingerprint density at radius 3 is 2.21 bits per heavy atom. The maximum Gasteiger partial charge on any atom is 0.134 e. The quantitative estimate of drug-likeness (QED) is 0.683. The maximum atomic E-state index is 6.27. The third kappa shape index (κ3) is 5.15. The van der Waals surface area contributed by atoms with E-state index in [1.54, 1.807) is 0 Å². The molecule has 0 spiro atoms. The molecule has 19 heavy (non-hydrogen) atoms. The molecule has 1 atom stereocenters. The van der Waals surface area contributed by atoms with Gasteiger partial charge in [0.15, 0.2) is 0 Å². The van der Waals surface area contributed by atoms with Crippen LogP contribution in [0.3, 0.4) is 0 Å². The van der Waals surface area contributed by atoms with E-state index in [4.69, 9.17) is 10.3 Å². The van der Waals surface area contributed by atoms with Crippen LogP contribution in [-0.2, 0) is 4.52 Å². The summed E-state index contributed by atoms with van der Waals surface area (Å²) in [7, 11) is -0.767. The van der Waals surface area contributed by atoms with Gasteiger partial charge in [-0.2, -0.15) is 0 Å². The van der Waals surface area contributed by atoms with Crippen LogP contribution in [0.2, 0.25) is 0 Å². The molecule has 0 heterocycles. The zero-order valence-corrected chi connectivity index (χ0v) is 14.0. The minimum Gasteiger partial charge on any atom is -0.340 e. The van der Waals surface area contributed by atoms with Crippen molar-refractivity contribution in [1.82, 2.24) is 4.67 Å². The van der Waals surface area contributed by atoms with Crippen molar-refractivity contribution in [1.29, 1.82) is 0 Å². The van der Waals surface area contributed by atoms with Crippen LogP contribution in [0.15, 0.2) is 11.9 Å². The molecule has 1 aliphatic rings. The summed E-state index contributed by atoms with van der Waals surface area (Å²) in [5, 5.41) is 1.05. The fourth-order valence-corrected chi connectivity index (χ4v) is 4.76. The summed E-state index contributed by atoms with van der Waals surface area (Å²) in [5.41, 5.74) is 5.80. The van der Waals surface area contributed by atoms with E-state index in [-0.39, 0.29) is 0 Å². The average molecular weight is 286 g/mol. The van der Waals surface area contributed by atoms with E-state index in [1.165, 1.54) is 25.7 Å². The molecule has 0 saturated heterocycles. The minimum atomic E-state index is -0.767. The number of hydrogen-bond donors (Lipinski definition) is 1. The molecule has 0 amide bonds. The summed E-state index contributed by atoms with van der Waals surface area (Å²) in [4.78, 5) is 0. The zero-order valence-electron chi connectivity index (χ0n) is 13.1. The first-order valence-corrected chi connectivity index (χ1v) is 8.77. The molecule has 1 unspecified atom stereocenters. The van der Waals surface area contributed by atoms with Gasteiger partial charge in [0, 0.05) is 23.9 Å². The third-order valence-electron chi connectivity index (χ3n) is 3.68. The molecule has 0 aromatic carbocycles. The molecule has 0 aliphatic heterocycles. The lowest BCUT2D eigenvalue weighted by atomic mass is 10.1. The highest BCUT2D eigenvalue weighted by Crippen LogP contribution is 2.51. The molecule has 2 N–H and O–H groups in total. The van der Waals surface area contributed by atoms with Crippen LogP contribution in [-0.4, -0.2) is 29.9 Å². The number of rotatable bonds is 8. The lowest BCUT2D eigenvalue weighted by Gasteiger charge is -2.38. The molecule has 0 bridgehead atoms. The zero-order chi connectivity index (χ0) is 14.4. The van der Waals surface area contributed by atoms with Gasteiger partial charge in [-0.05, 0) is 46.5 Å². The van der Waals surface area contributed by atoms with Gasteiger partial charge in [-0.25, -0.2) is 0 Å². The Labute approximate surface area is 120 Å². The Hall–Kier alpha value is 0.0500. The van der Waals surface area contributed by atoms with Crippen LogP contribution >= 0.6 is 8.30 Å².